The first kappa shape index (κ1) is 11.6. The lowest BCUT2D eigenvalue weighted by molar-refractivity contribution is 0.0587. The van der Waals surface area contributed by atoms with Crippen LogP contribution in [0.3, 0.4) is 0 Å². The van der Waals surface area contributed by atoms with Gasteiger partial charge in [0.25, 0.3) is 6.43 Å². The van der Waals surface area contributed by atoms with E-state index in [2.05, 4.69) is 4.74 Å². The topological polar surface area (TPSA) is 59.2 Å². The van der Waals surface area contributed by atoms with Gasteiger partial charge in [0, 0.05) is 6.07 Å². The number of halogens is 3. The van der Waals surface area contributed by atoms with Crippen LogP contribution in [0.25, 0.3) is 0 Å². The molecule has 1 heterocycles. The fourth-order valence-electron chi connectivity index (χ4n) is 1.02. The molecule has 1 rings (SSSR count). The van der Waals surface area contributed by atoms with Gasteiger partial charge in [-0.1, -0.05) is 11.6 Å². The number of rotatable bonds is 2. The Morgan fingerprint density at radius 2 is 2.20 bits per heavy atom. The standard InChI is InChI=1S/C8H6ClF2NO3/c1-15-8(14)5-3(9)2-4(13)12-6(5)7(10)11/h2,7H,1H3,(H,12,13). The third-order valence-electron chi connectivity index (χ3n) is 1.63. The largest absolute Gasteiger partial charge is 0.465 e. The maximum atomic E-state index is 12.4. The molecule has 0 aliphatic rings. The number of hydrogen-bond donors (Lipinski definition) is 1. The Balaban J connectivity index is 3.47. The highest BCUT2D eigenvalue weighted by Gasteiger charge is 2.23. The van der Waals surface area contributed by atoms with Gasteiger partial charge < -0.3 is 9.72 Å². The molecule has 0 fully saturated rings. The monoisotopic (exact) mass is 237 g/mol. The van der Waals surface area contributed by atoms with Crippen LogP contribution < -0.4 is 5.56 Å². The predicted octanol–water partition coefficient (Wildman–Crippen LogP) is 1.75. The van der Waals surface area contributed by atoms with E-state index in [-0.39, 0.29) is 5.02 Å². The molecule has 82 valence electrons. The van der Waals surface area contributed by atoms with Crippen LogP contribution in [0.5, 0.6) is 0 Å². The molecule has 1 aromatic heterocycles. The Morgan fingerprint density at radius 3 is 2.67 bits per heavy atom. The minimum atomic E-state index is -3.01. The number of alkyl halides is 2. The zero-order valence-corrected chi connectivity index (χ0v) is 8.27. The number of esters is 1. The number of carbonyl (C=O) groups excluding carboxylic acids is 1. The Hall–Kier alpha value is -1.43. The van der Waals surface area contributed by atoms with Crippen molar-refractivity contribution in [1.82, 2.24) is 4.98 Å². The summed E-state index contributed by atoms with van der Waals surface area (Å²) in [6, 6.07) is 0.833. The molecule has 0 unspecified atom stereocenters. The van der Waals surface area contributed by atoms with Gasteiger partial charge in [0.05, 0.1) is 12.1 Å². The maximum Gasteiger partial charge on any atom is 0.341 e. The van der Waals surface area contributed by atoms with Crippen LogP contribution in [0.4, 0.5) is 8.78 Å². The molecule has 1 aromatic rings. The highest BCUT2D eigenvalue weighted by Crippen LogP contribution is 2.25. The average molecular weight is 238 g/mol. The third-order valence-corrected chi connectivity index (χ3v) is 1.93. The van der Waals surface area contributed by atoms with E-state index in [1.165, 1.54) is 0 Å². The zero-order valence-electron chi connectivity index (χ0n) is 7.51. The molecule has 0 aliphatic heterocycles. The van der Waals surface area contributed by atoms with Gasteiger partial charge >= 0.3 is 5.97 Å². The van der Waals surface area contributed by atoms with Crippen molar-refractivity contribution in [3.8, 4) is 0 Å². The number of aromatic amines is 1. The summed E-state index contributed by atoms with van der Waals surface area (Å²) in [4.78, 5) is 23.8. The number of nitrogens with one attached hydrogen (secondary N) is 1. The van der Waals surface area contributed by atoms with Gasteiger partial charge in [0.2, 0.25) is 5.56 Å². The molecular weight excluding hydrogens is 232 g/mol. The summed E-state index contributed by atoms with van der Waals surface area (Å²) in [7, 11) is 1.03. The maximum absolute atomic E-state index is 12.4. The van der Waals surface area contributed by atoms with Crippen molar-refractivity contribution < 1.29 is 18.3 Å². The van der Waals surface area contributed by atoms with E-state index in [1.54, 1.807) is 0 Å². The van der Waals surface area contributed by atoms with Gasteiger partial charge in [-0.25, -0.2) is 13.6 Å². The van der Waals surface area contributed by atoms with E-state index in [9.17, 15) is 18.4 Å². The van der Waals surface area contributed by atoms with Crippen LogP contribution in [-0.2, 0) is 4.74 Å². The molecule has 0 bridgehead atoms. The Labute approximate surface area is 87.8 Å². The molecule has 15 heavy (non-hydrogen) atoms. The Kier molecular flexibility index (Phi) is 3.41. The fourth-order valence-corrected chi connectivity index (χ4v) is 1.30. The number of aromatic nitrogens is 1. The summed E-state index contributed by atoms with van der Waals surface area (Å²) in [5.74, 6) is -1.02. The van der Waals surface area contributed by atoms with Crippen molar-refractivity contribution >= 4 is 17.6 Å². The molecule has 4 nitrogen and oxygen atoms in total. The zero-order chi connectivity index (χ0) is 11.6. The second kappa shape index (κ2) is 4.39. The van der Waals surface area contributed by atoms with E-state index >= 15 is 0 Å². The Morgan fingerprint density at radius 1 is 1.60 bits per heavy atom. The molecule has 0 aromatic carbocycles. The van der Waals surface area contributed by atoms with Crippen molar-refractivity contribution in [2.45, 2.75) is 6.43 Å². The molecule has 0 amide bonds. The first-order valence-corrected chi connectivity index (χ1v) is 4.14. The van der Waals surface area contributed by atoms with Crippen LogP contribution in [0.2, 0.25) is 5.02 Å². The Bertz CT molecular complexity index is 444. The number of methoxy groups -OCH3 is 1. The molecule has 0 atom stereocenters. The molecule has 0 aliphatic carbocycles. The van der Waals surface area contributed by atoms with E-state index < -0.39 is 29.2 Å². The minimum Gasteiger partial charge on any atom is -0.465 e. The lowest BCUT2D eigenvalue weighted by atomic mass is 10.2. The SMILES string of the molecule is COC(=O)c1c(Cl)cc(=O)[nH]c1C(F)F. The van der Waals surface area contributed by atoms with Gasteiger partial charge in [0.1, 0.15) is 11.3 Å². The van der Waals surface area contributed by atoms with Crippen LogP contribution in [0.1, 0.15) is 22.5 Å². The number of ether oxygens (including phenoxy) is 1. The first-order valence-electron chi connectivity index (χ1n) is 3.76. The van der Waals surface area contributed by atoms with Gasteiger partial charge in [-0.15, -0.1) is 0 Å². The summed E-state index contributed by atoms with van der Waals surface area (Å²) in [6.45, 7) is 0. The molecule has 0 saturated carbocycles. The van der Waals surface area contributed by atoms with Gasteiger partial charge in [-0.2, -0.15) is 0 Å². The van der Waals surface area contributed by atoms with Crippen molar-refractivity contribution in [1.29, 1.82) is 0 Å². The van der Waals surface area contributed by atoms with Crippen molar-refractivity contribution in [2.24, 2.45) is 0 Å². The third kappa shape index (κ3) is 2.33. The van der Waals surface area contributed by atoms with E-state index in [0.29, 0.717) is 0 Å². The second-order valence-electron chi connectivity index (χ2n) is 2.56. The van der Waals surface area contributed by atoms with E-state index in [0.717, 1.165) is 13.2 Å². The second-order valence-corrected chi connectivity index (χ2v) is 2.97. The van der Waals surface area contributed by atoms with Crippen LogP contribution in [0.15, 0.2) is 10.9 Å². The summed E-state index contributed by atoms with van der Waals surface area (Å²) in [6.07, 6.45) is -3.01. The minimum absolute atomic E-state index is 0.360. The molecule has 0 radical (unpaired) electrons. The molecule has 1 N–H and O–H groups in total. The van der Waals surface area contributed by atoms with Gasteiger partial charge in [-0.05, 0) is 0 Å². The number of pyridine rings is 1. The normalized spacial score (nSPS) is 10.5. The lowest BCUT2D eigenvalue weighted by Crippen LogP contribution is -2.16. The molecular formula is C8H6ClF2NO3. The lowest BCUT2D eigenvalue weighted by Gasteiger charge is -2.07. The van der Waals surface area contributed by atoms with Crippen molar-refractivity contribution in [3.63, 3.8) is 0 Å². The van der Waals surface area contributed by atoms with Crippen LogP contribution in [0, 0.1) is 0 Å². The number of H-pyrrole nitrogens is 1. The number of carbonyl (C=O) groups is 1. The van der Waals surface area contributed by atoms with Gasteiger partial charge in [-0.3, -0.25) is 4.79 Å². The highest BCUT2D eigenvalue weighted by atomic mass is 35.5. The smallest absolute Gasteiger partial charge is 0.341 e. The van der Waals surface area contributed by atoms with Gasteiger partial charge in [0.15, 0.2) is 0 Å². The molecule has 7 heteroatoms. The predicted molar refractivity (Wildman–Crippen MR) is 48.4 cm³/mol. The number of hydrogen-bond acceptors (Lipinski definition) is 3. The van der Waals surface area contributed by atoms with Crippen LogP contribution >= 0.6 is 11.6 Å². The highest BCUT2D eigenvalue weighted by molar-refractivity contribution is 6.33. The summed E-state index contributed by atoms with van der Waals surface area (Å²) in [5, 5.41) is -0.360. The average Bonchev–Trinajstić information content (AvgIpc) is 2.15. The van der Waals surface area contributed by atoms with E-state index in [1.807, 2.05) is 4.98 Å². The summed E-state index contributed by atoms with van der Waals surface area (Å²) in [5.41, 5.74) is -2.16. The van der Waals surface area contributed by atoms with Crippen molar-refractivity contribution in [2.75, 3.05) is 7.11 Å². The van der Waals surface area contributed by atoms with Crippen LogP contribution in [-0.4, -0.2) is 18.1 Å². The molecule has 0 saturated heterocycles. The van der Waals surface area contributed by atoms with E-state index in [4.69, 9.17) is 11.6 Å². The summed E-state index contributed by atoms with van der Waals surface area (Å²) >= 11 is 5.50. The fraction of sp³-hybridized carbons (Fsp3) is 0.250. The first-order chi connectivity index (χ1) is 6.97. The molecule has 0 spiro atoms. The summed E-state index contributed by atoms with van der Waals surface area (Å²) < 4.78 is 29.2. The quantitative estimate of drug-likeness (QED) is 0.798. The van der Waals surface area contributed by atoms with Crippen molar-refractivity contribution in [3.05, 3.63) is 32.7 Å².